The second kappa shape index (κ2) is 19.1. The Labute approximate surface area is 224 Å². The Kier molecular flexibility index (Phi) is 18.4. The van der Waals surface area contributed by atoms with Gasteiger partial charge < -0.3 is 7.43 Å². The number of nitro groups is 1. The van der Waals surface area contributed by atoms with E-state index < -0.39 is 20.6 Å². The molecule has 1 heterocycles. The number of anilines is 1. The summed E-state index contributed by atoms with van der Waals surface area (Å²) in [5, 5.41) is 14.1. The average Bonchev–Trinajstić information content (AvgIpc) is 3.34. The van der Waals surface area contributed by atoms with E-state index in [-0.39, 0.29) is 13.1 Å². The van der Waals surface area contributed by atoms with Crippen molar-refractivity contribution < 1.29 is 25.3 Å². The summed E-state index contributed by atoms with van der Waals surface area (Å²) in [7, 11) is 7.44. The molecule has 193 valence electrons. The SMILES string of the molecule is CC.COc1ccc(NCc2ccc([N+](=O)[O-])cc2[CH]=[Ru][Cl])cc1.CSN1CCN(SC)C1.[CH3-]. The standard InChI is InChI=1S/C15H14N2O3.C5H12N2S2.C2H6.CH3.ClH.Ru/c1-11-9-14(17(18)19)6-3-12(11)10-16-13-4-7-15(20-2)8-5-13;1-8-6-3-4-7(5-6)9-2;1-2;;;/h1,3-9,16H,10H2,2H3;3-5H2,1-2H3;1-2H3;1H3;1H;/q;;;-1;;+1/p-1. The summed E-state index contributed by atoms with van der Waals surface area (Å²) in [6.45, 7) is 8.10. The minimum Gasteiger partial charge on any atom is -0.358 e. The van der Waals surface area contributed by atoms with Gasteiger partial charge >= 0.3 is 139 Å². The Hall–Kier alpha value is -1.16. The Morgan fingerprint density at radius 2 is 1.74 bits per heavy atom. The predicted molar refractivity (Wildman–Crippen MR) is 148 cm³/mol. The Morgan fingerprint density at radius 3 is 2.18 bits per heavy atom. The third kappa shape index (κ3) is 11.5. The fourth-order valence-corrected chi connectivity index (χ4v) is 5.01. The molecule has 34 heavy (non-hydrogen) atoms. The normalized spacial score (nSPS) is 13.5. The van der Waals surface area contributed by atoms with Crippen LogP contribution in [0.25, 0.3) is 0 Å². The van der Waals surface area contributed by atoms with Gasteiger partial charge in [-0.15, -0.1) is 0 Å². The van der Waals surface area contributed by atoms with E-state index in [1.807, 2.05) is 66.6 Å². The van der Waals surface area contributed by atoms with E-state index in [1.54, 1.807) is 19.2 Å². The molecule has 2 aromatic carbocycles. The van der Waals surface area contributed by atoms with Crippen LogP contribution in [0, 0.1) is 17.5 Å². The van der Waals surface area contributed by atoms with E-state index in [4.69, 9.17) is 14.4 Å². The zero-order chi connectivity index (χ0) is 24.6. The van der Waals surface area contributed by atoms with Crippen molar-refractivity contribution in [1.82, 2.24) is 8.61 Å². The van der Waals surface area contributed by atoms with Crippen LogP contribution in [0.15, 0.2) is 42.5 Å². The van der Waals surface area contributed by atoms with Gasteiger partial charge in [-0.05, 0) is 12.5 Å². The van der Waals surface area contributed by atoms with Crippen molar-refractivity contribution in [2.75, 3.05) is 44.7 Å². The van der Waals surface area contributed by atoms with Crippen molar-refractivity contribution in [3.8, 4) is 5.75 Å². The summed E-state index contributed by atoms with van der Waals surface area (Å²) in [6.07, 6.45) is 4.26. The van der Waals surface area contributed by atoms with Crippen LogP contribution in [0.5, 0.6) is 5.75 Å². The summed E-state index contributed by atoms with van der Waals surface area (Å²) < 4.78 is 11.7. The maximum atomic E-state index is 10.8. The zero-order valence-corrected chi connectivity index (χ0v) is 24.7. The quantitative estimate of drug-likeness (QED) is 0.124. The Morgan fingerprint density at radius 1 is 1.15 bits per heavy atom. The molecule has 1 fully saturated rings. The van der Waals surface area contributed by atoms with Crippen LogP contribution in [-0.4, -0.2) is 57.5 Å². The Bertz CT molecular complexity index is 866. The third-order valence-corrected chi connectivity index (χ3v) is 7.31. The van der Waals surface area contributed by atoms with E-state index in [2.05, 4.69) is 26.4 Å². The van der Waals surface area contributed by atoms with Crippen LogP contribution in [0.2, 0.25) is 0 Å². The van der Waals surface area contributed by atoms with Gasteiger partial charge in [0.05, 0.1) is 6.67 Å². The molecule has 1 aliphatic heterocycles. The molecule has 11 heteroatoms. The van der Waals surface area contributed by atoms with Gasteiger partial charge in [-0.3, -0.25) is 0 Å². The molecule has 0 atom stereocenters. The summed E-state index contributed by atoms with van der Waals surface area (Å²) in [5.41, 5.74) is 2.80. The first-order valence-corrected chi connectivity index (χ1v) is 15.9. The number of benzene rings is 2. The predicted octanol–water partition coefficient (Wildman–Crippen LogP) is 6.20. The van der Waals surface area contributed by atoms with Gasteiger partial charge in [-0.1, -0.05) is 37.7 Å². The van der Waals surface area contributed by atoms with Crippen molar-refractivity contribution >= 4 is 49.6 Å². The van der Waals surface area contributed by atoms with Gasteiger partial charge in [0.2, 0.25) is 0 Å². The van der Waals surface area contributed by atoms with Crippen LogP contribution >= 0.6 is 33.6 Å². The molecular formula is C23H35ClN4O3RuS2-. The smallest absolute Gasteiger partial charge is 0.0705 e. The van der Waals surface area contributed by atoms with Crippen LogP contribution in [-0.2, 0) is 22.2 Å². The van der Waals surface area contributed by atoms with E-state index in [9.17, 15) is 10.1 Å². The van der Waals surface area contributed by atoms with E-state index in [1.165, 1.54) is 19.2 Å². The number of methoxy groups -OCH3 is 1. The van der Waals surface area contributed by atoms with Gasteiger partial charge in [0.15, 0.2) is 0 Å². The zero-order valence-electron chi connectivity index (χ0n) is 20.6. The molecule has 1 saturated heterocycles. The summed E-state index contributed by atoms with van der Waals surface area (Å²) in [6, 6.07) is 12.4. The first-order valence-electron chi connectivity index (χ1n) is 10.3. The van der Waals surface area contributed by atoms with Crippen LogP contribution < -0.4 is 10.1 Å². The van der Waals surface area contributed by atoms with E-state index >= 15 is 0 Å². The number of nitrogens with zero attached hydrogens (tertiary/aromatic N) is 3. The van der Waals surface area contributed by atoms with Gasteiger partial charge in [0.1, 0.15) is 0 Å². The summed E-state index contributed by atoms with van der Waals surface area (Å²) >= 11 is 3.21. The van der Waals surface area contributed by atoms with E-state index in [0.717, 1.165) is 29.2 Å². The molecule has 0 aromatic heterocycles. The number of halogens is 1. The topological polar surface area (TPSA) is 70.9 Å². The molecule has 0 unspecified atom stereocenters. The van der Waals surface area contributed by atoms with Crippen LogP contribution in [0.4, 0.5) is 11.4 Å². The van der Waals surface area contributed by atoms with Gasteiger partial charge in [0.25, 0.3) is 0 Å². The van der Waals surface area contributed by atoms with Crippen LogP contribution in [0.3, 0.4) is 0 Å². The maximum Gasteiger partial charge on any atom is 0.0705 e. The van der Waals surface area contributed by atoms with Crippen LogP contribution in [0.1, 0.15) is 25.0 Å². The molecule has 3 rings (SSSR count). The molecule has 0 spiro atoms. The van der Waals surface area contributed by atoms with E-state index in [0.29, 0.717) is 6.54 Å². The molecule has 0 radical (unpaired) electrons. The molecular weight excluding hydrogens is 581 g/mol. The number of nitro benzene ring substituents is 1. The molecule has 2 aromatic rings. The van der Waals surface area contributed by atoms with Crippen molar-refractivity contribution in [3.05, 3.63) is 71.1 Å². The van der Waals surface area contributed by atoms with Gasteiger partial charge in [-0.25, -0.2) is 8.61 Å². The van der Waals surface area contributed by atoms with Gasteiger partial charge in [0, 0.05) is 13.1 Å². The maximum absolute atomic E-state index is 10.8. The molecule has 1 N–H and O–H groups in total. The van der Waals surface area contributed by atoms with Crippen molar-refractivity contribution in [2.45, 2.75) is 20.4 Å². The second-order valence-corrected chi connectivity index (χ2v) is 9.88. The number of hydrogen-bond donors (Lipinski definition) is 1. The fourth-order valence-electron chi connectivity index (χ4n) is 2.74. The molecule has 0 saturated carbocycles. The number of non-ortho nitro benzene ring substituents is 1. The summed E-state index contributed by atoms with van der Waals surface area (Å²) in [5.74, 6) is 0.793. The van der Waals surface area contributed by atoms with Crippen molar-refractivity contribution in [1.29, 1.82) is 0 Å². The molecule has 7 nitrogen and oxygen atoms in total. The molecule has 0 aliphatic carbocycles. The monoisotopic (exact) mass is 616 g/mol. The minimum atomic E-state index is -0.447. The summed E-state index contributed by atoms with van der Waals surface area (Å²) in [4.78, 5) is 10.4. The second-order valence-electron chi connectivity index (χ2n) is 6.32. The number of ether oxygens (including phenoxy) is 1. The minimum absolute atomic E-state index is 0. The first kappa shape index (κ1) is 32.8. The van der Waals surface area contributed by atoms with Crippen molar-refractivity contribution in [3.63, 3.8) is 0 Å². The fraction of sp³-hybridized carbons (Fsp3) is 0.391. The molecule has 1 aliphatic rings. The molecule has 0 bridgehead atoms. The first-order chi connectivity index (χ1) is 16.0. The molecule has 0 amide bonds. The number of hydrogen-bond acceptors (Lipinski definition) is 8. The number of nitrogens with one attached hydrogen (secondary N) is 1. The Balaban J connectivity index is 0.000000762. The number of rotatable bonds is 8. The van der Waals surface area contributed by atoms with Crippen molar-refractivity contribution in [2.24, 2.45) is 0 Å². The third-order valence-electron chi connectivity index (χ3n) is 4.49. The van der Waals surface area contributed by atoms with Gasteiger partial charge in [-0.2, -0.15) is 0 Å². The largest absolute Gasteiger partial charge is 0.358 e. The average molecular weight is 616 g/mol.